The Morgan fingerprint density at radius 1 is 1.40 bits per heavy atom. The van der Waals surface area contributed by atoms with E-state index in [0.717, 1.165) is 5.71 Å². The summed E-state index contributed by atoms with van der Waals surface area (Å²) < 4.78 is 0. The average molecular weight is 158 g/mol. The number of hydrogen-bond donors (Lipinski definition) is 0. The fourth-order valence-electron chi connectivity index (χ4n) is 0.938. The molecular weight excluding hydrogens is 151 g/mol. The Bertz CT molecular complexity index is 243. The van der Waals surface area contributed by atoms with E-state index in [4.69, 9.17) is 0 Å². The van der Waals surface area contributed by atoms with Crippen LogP contribution in [-0.4, -0.2) is 18.1 Å². The summed E-state index contributed by atoms with van der Waals surface area (Å²) in [7, 11) is 0. The number of nitrogens with zero attached hydrogens (tertiary/aromatic N) is 2. The first kappa shape index (κ1) is 8.55. The van der Waals surface area contributed by atoms with Gasteiger partial charge in [-0.2, -0.15) is 0 Å². The minimum atomic E-state index is 0. The van der Waals surface area contributed by atoms with E-state index in [9.17, 15) is 0 Å². The van der Waals surface area contributed by atoms with Crippen molar-refractivity contribution < 1.29 is 52.8 Å². The maximum Gasteiger partial charge on any atom is 1.00 e. The molecule has 2 nitrogen and oxygen atoms in total. The Labute approximate surface area is 104 Å². The van der Waals surface area contributed by atoms with Crippen LogP contribution in [0.3, 0.4) is 0 Å². The third-order valence-electron chi connectivity index (χ3n) is 1.41. The van der Waals surface area contributed by atoms with E-state index >= 15 is 0 Å². The Hall–Kier alpha value is 0.456. The molecule has 0 spiro atoms. The molecule has 0 N–H and O–H groups in total. The van der Waals surface area contributed by atoms with Gasteiger partial charge in [0.05, 0.1) is 5.71 Å². The number of fused-ring (bicyclic) bond motifs is 1. The van der Waals surface area contributed by atoms with Crippen molar-refractivity contribution in [3.05, 3.63) is 24.3 Å². The first-order chi connectivity index (χ1) is 4.47. The van der Waals surface area contributed by atoms with Gasteiger partial charge in [0.15, 0.2) is 0 Å². The Kier molecular flexibility index (Phi) is 3.19. The van der Waals surface area contributed by atoms with E-state index in [1.54, 1.807) is 6.34 Å². The van der Waals surface area contributed by atoms with Gasteiger partial charge in [-0.25, -0.2) is 4.99 Å². The molecule has 1 unspecified atom stereocenters. The van der Waals surface area contributed by atoms with E-state index < -0.39 is 0 Å². The van der Waals surface area contributed by atoms with Crippen molar-refractivity contribution in [1.82, 2.24) is 0 Å². The fraction of sp³-hybridized carbons (Fsp3) is 0.143. The van der Waals surface area contributed by atoms with Gasteiger partial charge in [-0.1, -0.05) is 18.2 Å². The number of allylic oxidation sites excluding steroid dienone is 2. The van der Waals surface area contributed by atoms with Crippen molar-refractivity contribution in [2.45, 2.75) is 6.04 Å². The van der Waals surface area contributed by atoms with Crippen molar-refractivity contribution in [2.75, 3.05) is 0 Å². The molecular formula is C7H7KN2. The van der Waals surface area contributed by atoms with Crippen molar-refractivity contribution >= 4 is 12.1 Å². The van der Waals surface area contributed by atoms with Gasteiger partial charge in [-0.15, -0.1) is 0 Å². The molecule has 1 heterocycles. The summed E-state index contributed by atoms with van der Waals surface area (Å²) in [5.74, 6) is 0. The molecule has 0 aromatic rings. The van der Waals surface area contributed by atoms with Crippen LogP contribution >= 0.6 is 0 Å². The smallest absolute Gasteiger partial charge is 1.00 e. The molecule has 0 saturated heterocycles. The van der Waals surface area contributed by atoms with Gasteiger partial charge in [0.25, 0.3) is 0 Å². The zero-order valence-electron chi connectivity index (χ0n) is 6.86. The quantitative estimate of drug-likeness (QED) is 0.367. The third kappa shape index (κ3) is 1.54. The van der Waals surface area contributed by atoms with E-state index in [-0.39, 0.29) is 58.9 Å². The topological polar surface area (TPSA) is 24.7 Å². The second-order valence-corrected chi connectivity index (χ2v) is 2.01. The van der Waals surface area contributed by atoms with E-state index in [1.807, 2.05) is 24.3 Å². The summed E-state index contributed by atoms with van der Waals surface area (Å²) in [6, 6.07) is 0.218. The molecule has 2 aliphatic rings. The normalized spacial score (nSPS) is 25.6. The van der Waals surface area contributed by atoms with Gasteiger partial charge in [-0.05, 0) is 6.08 Å². The van der Waals surface area contributed by atoms with Crippen LogP contribution in [0.4, 0.5) is 0 Å². The van der Waals surface area contributed by atoms with Crippen molar-refractivity contribution in [3.8, 4) is 0 Å². The molecule has 0 aromatic carbocycles. The minimum absolute atomic E-state index is 0. The molecule has 0 saturated carbocycles. The molecule has 0 aromatic heterocycles. The maximum absolute atomic E-state index is 4.09. The van der Waals surface area contributed by atoms with E-state index in [2.05, 4.69) is 9.98 Å². The molecule has 2 rings (SSSR count). The second-order valence-electron chi connectivity index (χ2n) is 2.01. The summed E-state index contributed by atoms with van der Waals surface area (Å²) in [6.45, 7) is 0. The monoisotopic (exact) mass is 158 g/mol. The van der Waals surface area contributed by atoms with Gasteiger partial charge in [0.1, 0.15) is 12.4 Å². The molecule has 10 heavy (non-hydrogen) atoms. The van der Waals surface area contributed by atoms with Crippen LogP contribution < -0.4 is 51.4 Å². The summed E-state index contributed by atoms with van der Waals surface area (Å²) in [5.41, 5.74) is 1.05. The number of aliphatic imine (C=N–C) groups is 2. The van der Waals surface area contributed by atoms with Crippen LogP contribution in [0.5, 0.6) is 0 Å². The van der Waals surface area contributed by atoms with Crippen LogP contribution in [0, 0.1) is 0 Å². The van der Waals surface area contributed by atoms with Gasteiger partial charge in [-0.3, -0.25) is 4.99 Å². The number of hydrogen-bond acceptors (Lipinski definition) is 2. The summed E-state index contributed by atoms with van der Waals surface area (Å²) in [6.07, 6.45) is 9.59. The molecule has 3 heteroatoms. The van der Waals surface area contributed by atoms with Crippen LogP contribution in [0.25, 0.3) is 0 Å². The van der Waals surface area contributed by atoms with Gasteiger partial charge < -0.3 is 1.43 Å². The predicted molar refractivity (Wildman–Crippen MR) is 39.1 cm³/mol. The standard InChI is InChI=1S/C7H6N2.K.H/c1-2-4-7-6(3-1)8-5-9-7;;/h1-6H;;/q;+1;-1. The van der Waals surface area contributed by atoms with Crippen molar-refractivity contribution in [2.24, 2.45) is 9.98 Å². The van der Waals surface area contributed by atoms with Gasteiger partial charge in [0, 0.05) is 0 Å². The molecule has 0 bridgehead atoms. The molecule has 0 fully saturated rings. The third-order valence-corrected chi connectivity index (χ3v) is 1.41. The predicted octanol–water partition coefficient (Wildman–Crippen LogP) is -1.92. The van der Waals surface area contributed by atoms with Crippen LogP contribution in [0.15, 0.2) is 34.3 Å². The van der Waals surface area contributed by atoms with E-state index in [1.165, 1.54) is 0 Å². The number of rotatable bonds is 0. The zero-order valence-corrected chi connectivity index (χ0v) is 8.98. The van der Waals surface area contributed by atoms with Crippen molar-refractivity contribution in [3.63, 3.8) is 0 Å². The molecule has 0 amide bonds. The molecule has 1 atom stereocenters. The van der Waals surface area contributed by atoms with Gasteiger partial charge in [0.2, 0.25) is 0 Å². The van der Waals surface area contributed by atoms with Crippen LogP contribution in [-0.2, 0) is 0 Å². The Balaban J connectivity index is 0.000000500. The Morgan fingerprint density at radius 2 is 2.30 bits per heavy atom. The molecule has 1 aliphatic heterocycles. The largest absolute Gasteiger partial charge is 1.00 e. The molecule has 0 radical (unpaired) electrons. The fourth-order valence-corrected chi connectivity index (χ4v) is 0.938. The SMILES string of the molecule is C1=CC2=NC=NC2C=C1.[H-].[K+]. The first-order valence-corrected chi connectivity index (χ1v) is 2.91. The van der Waals surface area contributed by atoms with Crippen molar-refractivity contribution in [1.29, 1.82) is 0 Å². The van der Waals surface area contributed by atoms with Gasteiger partial charge >= 0.3 is 51.4 Å². The van der Waals surface area contributed by atoms with Crippen LogP contribution in [0.2, 0.25) is 0 Å². The second kappa shape index (κ2) is 3.73. The Morgan fingerprint density at radius 3 is 3.10 bits per heavy atom. The zero-order chi connectivity index (χ0) is 6.10. The molecule has 1 aliphatic carbocycles. The van der Waals surface area contributed by atoms with E-state index in [0.29, 0.717) is 0 Å². The maximum atomic E-state index is 4.09. The summed E-state index contributed by atoms with van der Waals surface area (Å²) in [5, 5.41) is 0. The summed E-state index contributed by atoms with van der Waals surface area (Å²) in [4.78, 5) is 8.14. The minimum Gasteiger partial charge on any atom is -1.00 e. The average Bonchev–Trinajstić information content (AvgIpc) is 2.33. The van der Waals surface area contributed by atoms with Crippen LogP contribution in [0.1, 0.15) is 1.43 Å². The molecule has 46 valence electrons. The summed E-state index contributed by atoms with van der Waals surface area (Å²) >= 11 is 0. The first-order valence-electron chi connectivity index (χ1n) is 2.91.